The number of aromatic nitrogens is 2. The van der Waals surface area contributed by atoms with Gasteiger partial charge in [-0.25, -0.2) is 14.5 Å². The van der Waals surface area contributed by atoms with E-state index in [-0.39, 0.29) is 21.6 Å². The minimum Gasteiger partial charge on any atom is -0.465 e. The van der Waals surface area contributed by atoms with E-state index in [2.05, 4.69) is 14.8 Å². The number of benzene rings is 1. The average molecular weight is 327 g/mol. The fraction of sp³-hybridized carbons (Fsp3) is 0.154. The maximum absolute atomic E-state index is 11.5. The molecule has 21 heavy (non-hydrogen) atoms. The minimum absolute atomic E-state index is 0.252. The van der Waals surface area contributed by atoms with E-state index in [0.717, 1.165) is 5.69 Å². The van der Waals surface area contributed by atoms with E-state index in [9.17, 15) is 4.79 Å². The number of nitrogen functional groups attached to an aromatic ring is 1. The van der Waals surface area contributed by atoms with Gasteiger partial charge in [-0.2, -0.15) is 5.10 Å². The van der Waals surface area contributed by atoms with E-state index in [0.29, 0.717) is 5.56 Å². The normalized spacial score (nSPS) is 11.0. The van der Waals surface area contributed by atoms with Gasteiger partial charge in [-0.05, 0) is 19.1 Å². The van der Waals surface area contributed by atoms with Gasteiger partial charge in [-0.1, -0.05) is 23.2 Å². The topological polar surface area (TPSA) is 82.5 Å². The molecule has 0 unspecified atom stereocenters. The number of ether oxygens (including phenoxy) is 1. The lowest BCUT2D eigenvalue weighted by molar-refractivity contribution is 0.0600. The summed E-state index contributed by atoms with van der Waals surface area (Å²) >= 11 is 12.2. The van der Waals surface area contributed by atoms with Crippen LogP contribution in [0.1, 0.15) is 21.6 Å². The smallest absolute Gasteiger partial charge is 0.337 e. The van der Waals surface area contributed by atoms with E-state index in [4.69, 9.17) is 28.9 Å². The molecule has 0 aliphatic carbocycles. The van der Waals surface area contributed by atoms with Crippen molar-refractivity contribution in [1.29, 1.82) is 0 Å². The number of esters is 1. The molecule has 2 aromatic rings. The van der Waals surface area contributed by atoms with Crippen LogP contribution in [0.5, 0.6) is 0 Å². The van der Waals surface area contributed by atoms with Crippen LogP contribution in [0, 0.1) is 6.92 Å². The number of nitrogens with two attached hydrogens (primary N) is 1. The van der Waals surface area contributed by atoms with Crippen molar-refractivity contribution in [2.45, 2.75) is 6.92 Å². The number of hydrogen-bond donors (Lipinski definition) is 1. The Hall–Kier alpha value is -2.05. The van der Waals surface area contributed by atoms with E-state index in [1.807, 2.05) is 0 Å². The van der Waals surface area contributed by atoms with Crippen molar-refractivity contribution in [2.75, 3.05) is 12.8 Å². The maximum atomic E-state index is 11.5. The van der Waals surface area contributed by atoms with Gasteiger partial charge in [-0.15, -0.1) is 0 Å². The summed E-state index contributed by atoms with van der Waals surface area (Å²) in [6.07, 6.45) is 3.11. The molecule has 0 saturated carbocycles. The number of halogens is 2. The molecule has 0 saturated heterocycles. The van der Waals surface area contributed by atoms with Crippen LogP contribution in [0.3, 0.4) is 0 Å². The Morgan fingerprint density at radius 2 is 2.05 bits per heavy atom. The van der Waals surface area contributed by atoms with Gasteiger partial charge < -0.3 is 10.5 Å². The quantitative estimate of drug-likeness (QED) is 0.694. The molecule has 0 atom stereocenters. The van der Waals surface area contributed by atoms with Crippen molar-refractivity contribution >= 4 is 41.3 Å². The van der Waals surface area contributed by atoms with Crippen LogP contribution in [0.4, 0.5) is 5.95 Å². The lowest BCUT2D eigenvalue weighted by atomic mass is 10.1. The molecule has 1 aromatic heterocycles. The first-order valence-electron chi connectivity index (χ1n) is 5.85. The summed E-state index contributed by atoms with van der Waals surface area (Å²) in [6, 6.07) is 2.92. The highest BCUT2D eigenvalue weighted by molar-refractivity contribution is 6.39. The van der Waals surface area contributed by atoms with E-state index >= 15 is 0 Å². The minimum atomic E-state index is -0.517. The highest BCUT2D eigenvalue weighted by Gasteiger charge is 2.12. The van der Waals surface area contributed by atoms with Crippen LogP contribution in [0.15, 0.2) is 23.4 Å². The number of nitrogens with zero attached hydrogens (tertiary/aromatic N) is 3. The average Bonchev–Trinajstić information content (AvgIpc) is 2.75. The lowest BCUT2D eigenvalue weighted by Gasteiger charge is -2.05. The molecule has 0 fully saturated rings. The molecule has 0 amide bonds. The molecule has 0 spiro atoms. The zero-order valence-electron chi connectivity index (χ0n) is 11.3. The molecule has 8 heteroatoms. The number of carbonyl (C=O) groups excluding carboxylic acids is 1. The summed E-state index contributed by atoms with van der Waals surface area (Å²) in [4.78, 5) is 15.5. The Morgan fingerprint density at radius 1 is 1.43 bits per heavy atom. The van der Waals surface area contributed by atoms with Crippen molar-refractivity contribution in [2.24, 2.45) is 5.10 Å². The largest absolute Gasteiger partial charge is 0.465 e. The second kappa shape index (κ2) is 6.15. The lowest BCUT2D eigenvalue weighted by Crippen LogP contribution is -2.03. The molecule has 2 rings (SSSR count). The van der Waals surface area contributed by atoms with E-state index in [1.54, 1.807) is 13.1 Å². The molecular weight excluding hydrogens is 315 g/mol. The Labute approximate surface area is 131 Å². The fourth-order valence-electron chi connectivity index (χ4n) is 1.66. The highest BCUT2D eigenvalue weighted by atomic mass is 35.5. The summed E-state index contributed by atoms with van der Waals surface area (Å²) < 4.78 is 6.01. The molecule has 0 aliphatic rings. The Balaban J connectivity index is 2.37. The maximum Gasteiger partial charge on any atom is 0.337 e. The summed E-state index contributed by atoms with van der Waals surface area (Å²) in [7, 11) is 1.28. The molecule has 6 nitrogen and oxygen atoms in total. The van der Waals surface area contributed by atoms with Crippen LogP contribution in [0.2, 0.25) is 10.0 Å². The number of imidazole rings is 1. The Kier molecular flexibility index (Phi) is 4.50. The molecule has 0 bridgehead atoms. The van der Waals surface area contributed by atoms with Crippen molar-refractivity contribution in [1.82, 2.24) is 9.66 Å². The van der Waals surface area contributed by atoms with E-state index < -0.39 is 5.97 Å². The highest BCUT2D eigenvalue weighted by Crippen LogP contribution is 2.25. The Bertz CT molecular complexity index is 702. The number of anilines is 1. The summed E-state index contributed by atoms with van der Waals surface area (Å²) in [6.45, 7) is 1.80. The molecule has 110 valence electrons. The van der Waals surface area contributed by atoms with Gasteiger partial charge in [0.15, 0.2) is 0 Å². The van der Waals surface area contributed by atoms with Gasteiger partial charge in [0.25, 0.3) is 0 Å². The van der Waals surface area contributed by atoms with Gasteiger partial charge in [0.05, 0.1) is 40.8 Å². The third kappa shape index (κ3) is 3.34. The molecule has 2 N–H and O–H groups in total. The van der Waals surface area contributed by atoms with Gasteiger partial charge in [0.2, 0.25) is 5.95 Å². The number of hydrogen-bond acceptors (Lipinski definition) is 5. The molecular formula is C13H12Cl2N4O2. The number of methoxy groups -OCH3 is 1. The third-order valence-electron chi connectivity index (χ3n) is 2.65. The molecule has 1 heterocycles. The second-order valence-electron chi connectivity index (χ2n) is 4.17. The van der Waals surface area contributed by atoms with Gasteiger partial charge in [0.1, 0.15) is 0 Å². The number of aryl methyl sites for hydroxylation is 1. The fourth-order valence-corrected chi connectivity index (χ4v) is 2.24. The first kappa shape index (κ1) is 15.3. The van der Waals surface area contributed by atoms with Gasteiger partial charge >= 0.3 is 5.97 Å². The van der Waals surface area contributed by atoms with Crippen molar-refractivity contribution in [3.8, 4) is 0 Å². The van der Waals surface area contributed by atoms with Crippen LogP contribution >= 0.6 is 23.2 Å². The predicted octanol–water partition coefficient (Wildman–Crippen LogP) is 2.75. The standard InChI is InChI=1S/C13H12Cl2N4O2/c1-7-6-19(13(16)18-7)17-5-9-10(14)3-8(4-11(9)15)12(20)21-2/h3-6H,1-2H3,(H2,16,18). The third-order valence-corrected chi connectivity index (χ3v) is 3.27. The first-order valence-corrected chi connectivity index (χ1v) is 6.61. The van der Waals surface area contributed by atoms with E-state index in [1.165, 1.54) is 30.1 Å². The van der Waals surface area contributed by atoms with Gasteiger partial charge in [-0.3, -0.25) is 0 Å². The first-order chi connectivity index (χ1) is 9.92. The molecule has 0 radical (unpaired) electrons. The number of carbonyl (C=O) groups is 1. The molecule has 0 aliphatic heterocycles. The predicted molar refractivity (Wildman–Crippen MR) is 82.2 cm³/mol. The van der Waals surface area contributed by atoms with Crippen LogP contribution in [-0.2, 0) is 4.74 Å². The summed E-state index contributed by atoms with van der Waals surface area (Å²) in [5, 5.41) is 4.69. The van der Waals surface area contributed by atoms with Crippen molar-refractivity contribution < 1.29 is 9.53 Å². The monoisotopic (exact) mass is 326 g/mol. The summed E-state index contributed by atoms with van der Waals surface area (Å²) in [5.41, 5.74) is 7.15. The Morgan fingerprint density at radius 3 is 2.52 bits per heavy atom. The summed E-state index contributed by atoms with van der Waals surface area (Å²) in [5.74, 6) is -0.265. The van der Waals surface area contributed by atoms with Crippen LogP contribution < -0.4 is 5.73 Å². The van der Waals surface area contributed by atoms with Crippen molar-refractivity contribution in [3.05, 3.63) is 45.2 Å². The SMILES string of the molecule is COC(=O)c1cc(Cl)c(C=Nn2cc(C)nc2N)c(Cl)c1. The zero-order chi connectivity index (χ0) is 15.6. The number of rotatable bonds is 3. The van der Waals surface area contributed by atoms with Crippen molar-refractivity contribution in [3.63, 3.8) is 0 Å². The van der Waals surface area contributed by atoms with Crippen LogP contribution in [0.25, 0.3) is 0 Å². The second-order valence-corrected chi connectivity index (χ2v) is 4.99. The zero-order valence-corrected chi connectivity index (χ0v) is 12.8. The van der Waals surface area contributed by atoms with Gasteiger partial charge in [0, 0.05) is 5.56 Å². The molecule has 1 aromatic carbocycles. The van der Waals surface area contributed by atoms with Crippen LogP contribution in [-0.4, -0.2) is 29.0 Å².